The number of halogens is 1. The van der Waals surface area contributed by atoms with Crippen LogP contribution in [0.25, 0.3) is 0 Å². The minimum absolute atomic E-state index is 0.0747. The first-order valence-corrected chi connectivity index (χ1v) is 8.64. The predicted molar refractivity (Wildman–Crippen MR) is 96.6 cm³/mol. The summed E-state index contributed by atoms with van der Waals surface area (Å²) in [6.07, 6.45) is 0. The van der Waals surface area contributed by atoms with Crippen LogP contribution in [-0.2, 0) is 17.9 Å². The molecule has 0 aromatic heterocycles. The second-order valence-electron chi connectivity index (χ2n) is 6.41. The van der Waals surface area contributed by atoms with E-state index in [1.165, 1.54) is 12.1 Å². The van der Waals surface area contributed by atoms with E-state index in [-0.39, 0.29) is 17.8 Å². The highest BCUT2D eigenvalue weighted by Gasteiger charge is 2.19. The maximum atomic E-state index is 12.9. The highest BCUT2D eigenvalue weighted by atomic mass is 19.1. The molecule has 0 saturated heterocycles. The number of likely N-dealkylation sites (N-methyl/N-ethyl adjacent to an activating group) is 1. The molecular formula is C20H23FN2O3. The van der Waals surface area contributed by atoms with Crippen LogP contribution in [0.4, 0.5) is 4.39 Å². The highest BCUT2D eigenvalue weighted by Crippen LogP contribution is 2.31. The molecule has 0 bridgehead atoms. The quantitative estimate of drug-likeness (QED) is 0.863. The second kappa shape index (κ2) is 8.19. The molecule has 2 aromatic carbocycles. The molecule has 1 N–H and O–H groups in total. The number of benzene rings is 2. The molecule has 2 aromatic rings. The van der Waals surface area contributed by atoms with Gasteiger partial charge in [0.05, 0.1) is 6.04 Å². The Hall–Kier alpha value is -2.60. The summed E-state index contributed by atoms with van der Waals surface area (Å²) < 4.78 is 24.0. The Morgan fingerprint density at radius 3 is 2.50 bits per heavy atom. The van der Waals surface area contributed by atoms with Crippen LogP contribution < -0.4 is 14.8 Å². The molecule has 0 fully saturated rings. The van der Waals surface area contributed by atoms with Crippen molar-refractivity contribution in [3.63, 3.8) is 0 Å². The molecule has 1 amide bonds. The summed E-state index contributed by atoms with van der Waals surface area (Å²) in [6.45, 7) is 3.97. The van der Waals surface area contributed by atoms with Gasteiger partial charge in [-0.25, -0.2) is 4.39 Å². The molecule has 26 heavy (non-hydrogen) atoms. The molecule has 1 aliphatic rings. The predicted octanol–water partition coefficient (Wildman–Crippen LogP) is 2.73. The van der Waals surface area contributed by atoms with Crippen molar-refractivity contribution in [3.05, 3.63) is 59.4 Å². The van der Waals surface area contributed by atoms with Crippen LogP contribution in [0.2, 0.25) is 0 Å². The van der Waals surface area contributed by atoms with Crippen LogP contribution in [0.15, 0.2) is 42.5 Å². The van der Waals surface area contributed by atoms with Crippen molar-refractivity contribution < 1.29 is 18.7 Å². The SMILES string of the molecule is CC(C(=O)NCc1ccc(F)cc1)N(C)Cc1ccc2c(c1)OCCO2. The van der Waals surface area contributed by atoms with Crippen LogP contribution in [0, 0.1) is 5.82 Å². The monoisotopic (exact) mass is 358 g/mol. The van der Waals surface area contributed by atoms with E-state index in [1.54, 1.807) is 12.1 Å². The van der Waals surface area contributed by atoms with E-state index >= 15 is 0 Å². The smallest absolute Gasteiger partial charge is 0.237 e. The largest absolute Gasteiger partial charge is 0.486 e. The molecule has 138 valence electrons. The number of carbonyl (C=O) groups is 1. The topological polar surface area (TPSA) is 50.8 Å². The Labute approximate surface area is 152 Å². The van der Waals surface area contributed by atoms with Gasteiger partial charge in [-0.05, 0) is 49.4 Å². The van der Waals surface area contributed by atoms with E-state index in [4.69, 9.17) is 9.47 Å². The zero-order chi connectivity index (χ0) is 18.5. The zero-order valence-corrected chi connectivity index (χ0v) is 15.0. The molecule has 3 rings (SSSR count). The number of amides is 1. The van der Waals surface area contributed by atoms with Gasteiger partial charge in [-0.2, -0.15) is 0 Å². The summed E-state index contributed by atoms with van der Waals surface area (Å²) in [4.78, 5) is 14.3. The van der Waals surface area contributed by atoms with E-state index < -0.39 is 0 Å². The number of nitrogens with one attached hydrogen (secondary N) is 1. The number of hydrogen-bond acceptors (Lipinski definition) is 4. The standard InChI is InChI=1S/C20H23FN2O3/c1-14(20(24)22-12-15-3-6-17(21)7-4-15)23(2)13-16-5-8-18-19(11-16)26-10-9-25-18/h3-8,11,14H,9-10,12-13H2,1-2H3,(H,22,24). The molecule has 0 spiro atoms. The first-order valence-electron chi connectivity index (χ1n) is 8.64. The summed E-state index contributed by atoms with van der Waals surface area (Å²) in [5, 5.41) is 2.89. The number of nitrogens with zero attached hydrogens (tertiary/aromatic N) is 1. The lowest BCUT2D eigenvalue weighted by Gasteiger charge is -2.25. The molecule has 1 aliphatic heterocycles. The van der Waals surface area contributed by atoms with Gasteiger partial charge >= 0.3 is 0 Å². The van der Waals surface area contributed by atoms with E-state index in [0.29, 0.717) is 26.3 Å². The Morgan fingerprint density at radius 2 is 1.77 bits per heavy atom. The fraction of sp³-hybridized carbons (Fsp3) is 0.350. The Kier molecular flexibility index (Phi) is 5.73. The van der Waals surface area contributed by atoms with Crippen LogP contribution >= 0.6 is 0 Å². The van der Waals surface area contributed by atoms with Gasteiger partial charge in [0.2, 0.25) is 5.91 Å². The van der Waals surface area contributed by atoms with Crippen LogP contribution in [-0.4, -0.2) is 37.1 Å². The zero-order valence-electron chi connectivity index (χ0n) is 15.0. The van der Waals surface area contributed by atoms with Crippen LogP contribution in [0.1, 0.15) is 18.1 Å². The average Bonchev–Trinajstić information content (AvgIpc) is 2.66. The van der Waals surface area contributed by atoms with E-state index in [9.17, 15) is 9.18 Å². The molecule has 1 unspecified atom stereocenters. The normalized spacial score (nSPS) is 14.2. The van der Waals surface area contributed by atoms with Crippen molar-refractivity contribution in [2.45, 2.75) is 26.1 Å². The maximum absolute atomic E-state index is 12.9. The van der Waals surface area contributed by atoms with Gasteiger partial charge in [-0.3, -0.25) is 9.69 Å². The molecule has 1 heterocycles. The molecule has 6 heteroatoms. The lowest BCUT2D eigenvalue weighted by molar-refractivity contribution is -0.125. The third kappa shape index (κ3) is 4.52. The first kappa shape index (κ1) is 18.2. The third-order valence-electron chi connectivity index (χ3n) is 4.46. The lowest BCUT2D eigenvalue weighted by Crippen LogP contribution is -2.42. The lowest BCUT2D eigenvalue weighted by atomic mass is 10.1. The summed E-state index contributed by atoms with van der Waals surface area (Å²) in [5.41, 5.74) is 1.91. The Morgan fingerprint density at radius 1 is 1.12 bits per heavy atom. The summed E-state index contributed by atoms with van der Waals surface area (Å²) in [5.74, 6) is 1.14. The molecule has 0 aliphatic carbocycles. The van der Waals surface area contributed by atoms with Gasteiger partial charge in [0.25, 0.3) is 0 Å². The third-order valence-corrected chi connectivity index (χ3v) is 4.46. The average molecular weight is 358 g/mol. The van der Waals surface area contributed by atoms with E-state index in [1.807, 2.05) is 37.1 Å². The number of rotatable bonds is 6. The maximum Gasteiger partial charge on any atom is 0.237 e. The molecule has 0 saturated carbocycles. The fourth-order valence-corrected chi connectivity index (χ4v) is 2.75. The van der Waals surface area contributed by atoms with Crippen molar-refractivity contribution in [2.75, 3.05) is 20.3 Å². The number of fused-ring (bicyclic) bond motifs is 1. The van der Waals surface area contributed by atoms with Gasteiger partial charge in [-0.15, -0.1) is 0 Å². The van der Waals surface area contributed by atoms with Gasteiger partial charge in [0.15, 0.2) is 11.5 Å². The van der Waals surface area contributed by atoms with Crippen molar-refractivity contribution in [2.24, 2.45) is 0 Å². The summed E-state index contributed by atoms with van der Waals surface area (Å²) in [6, 6.07) is 11.6. The number of carbonyl (C=O) groups excluding carboxylic acids is 1. The Balaban J connectivity index is 1.54. The molecular weight excluding hydrogens is 335 g/mol. The molecule has 0 radical (unpaired) electrons. The highest BCUT2D eigenvalue weighted by molar-refractivity contribution is 5.81. The van der Waals surface area contributed by atoms with Crippen molar-refractivity contribution >= 4 is 5.91 Å². The minimum atomic E-state index is -0.302. The minimum Gasteiger partial charge on any atom is -0.486 e. The molecule has 5 nitrogen and oxygen atoms in total. The van der Waals surface area contributed by atoms with Gasteiger partial charge in [0, 0.05) is 13.1 Å². The van der Waals surface area contributed by atoms with Crippen molar-refractivity contribution in [1.82, 2.24) is 10.2 Å². The van der Waals surface area contributed by atoms with E-state index in [0.717, 1.165) is 22.6 Å². The number of ether oxygens (including phenoxy) is 2. The van der Waals surface area contributed by atoms with Crippen LogP contribution in [0.3, 0.4) is 0 Å². The molecule has 1 atom stereocenters. The summed E-state index contributed by atoms with van der Waals surface area (Å²) in [7, 11) is 1.90. The van der Waals surface area contributed by atoms with Gasteiger partial charge in [0.1, 0.15) is 19.0 Å². The Bertz CT molecular complexity index is 764. The fourth-order valence-electron chi connectivity index (χ4n) is 2.75. The summed E-state index contributed by atoms with van der Waals surface area (Å²) >= 11 is 0. The van der Waals surface area contributed by atoms with Crippen LogP contribution in [0.5, 0.6) is 11.5 Å². The van der Waals surface area contributed by atoms with Crippen molar-refractivity contribution in [3.8, 4) is 11.5 Å². The first-order chi connectivity index (χ1) is 12.5. The van der Waals surface area contributed by atoms with Gasteiger partial charge < -0.3 is 14.8 Å². The number of hydrogen-bond donors (Lipinski definition) is 1. The van der Waals surface area contributed by atoms with Gasteiger partial charge in [-0.1, -0.05) is 18.2 Å². The van der Waals surface area contributed by atoms with E-state index in [2.05, 4.69) is 5.32 Å². The van der Waals surface area contributed by atoms with Crippen molar-refractivity contribution in [1.29, 1.82) is 0 Å². The second-order valence-corrected chi connectivity index (χ2v) is 6.41.